The molecule has 47 heavy (non-hydrogen) atoms. The minimum atomic E-state index is -0.0578. The van der Waals surface area contributed by atoms with Crippen molar-refractivity contribution in [2.24, 2.45) is 0 Å². The molecule has 2 aliphatic rings. The van der Waals surface area contributed by atoms with Crippen LogP contribution >= 0.6 is 11.3 Å². The van der Waals surface area contributed by atoms with E-state index in [4.69, 9.17) is 0 Å². The molecule has 1 aromatic heterocycles. The Morgan fingerprint density at radius 1 is 0.340 bits per heavy atom. The molecule has 0 N–H and O–H groups in total. The fourth-order valence-corrected chi connectivity index (χ4v) is 9.63. The van der Waals surface area contributed by atoms with E-state index >= 15 is 0 Å². The lowest BCUT2D eigenvalue weighted by Crippen LogP contribution is -2.14. The number of fused-ring (bicyclic) bond motifs is 6. The average Bonchev–Trinajstić information content (AvgIpc) is 3.70. The molecule has 2 aliphatic carbocycles. The summed E-state index contributed by atoms with van der Waals surface area (Å²) in [5.41, 5.74) is 18.7. The maximum absolute atomic E-state index is 2.48. The summed E-state index contributed by atoms with van der Waals surface area (Å²) in [7, 11) is 0. The number of thiophene rings is 1. The molecule has 6 aromatic carbocycles. The van der Waals surface area contributed by atoms with Crippen molar-refractivity contribution in [1.82, 2.24) is 0 Å². The van der Waals surface area contributed by atoms with Gasteiger partial charge >= 0.3 is 0 Å². The highest BCUT2D eigenvalue weighted by atomic mass is 32.1. The second kappa shape index (κ2) is 10.3. The van der Waals surface area contributed by atoms with Gasteiger partial charge in [0.25, 0.3) is 0 Å². The summed E-state index contributed by atoms with van der Waals surface area (Å²) in [5, 5.41) is 0. The van der Waals surface area contributed by atoms with Gasteiger partial charge in [0.1, 0.15) is 0 Å². The number of hydrogen-bond acceptors (Lipinski definition) is 1. The second-order valence-corrected chi connectivity index (χ2v) is 15.1. The summed E-state index contributed by atoms with van der Waals surface area (Å²) in [5.74, 6) is 0. The normalized spacial score (nSPS) is 14.7. The van der Waals surface area contributed by atoms with Crippen LogP contribution in [-0.4, -0.2) is 0 Å². The van der Waals surface area contributed by atoms with Crippen molar-refractivity contribution in [2.45, 2.75) is 38.5 Å². The van der Waals surface area contributed by atoms with Gasteiger partial charge in [-0.15, -0.1) is 11.3 Å². The van der Waals surface area contributed by atoms with Crippen LogP contribution in [0.25, 0.3) is 65.4 Å². The van der Waals surface area contributed by atoms with E-state index in [0.717, 1.165) is 0 Å². The van der Waals surface area contributed by atoms with Gasteiger partial charge in [-0.2, -0.15) is 0 Å². The molecule has 0 spiro atoms. The third-order valence-corrected chi connectivity index (χ3v) is 12.0. The van der Waals surface area contributed by atoms with Crippen molar-refractivity contribution >= 4 is 11.3 Å². The van der Waals surface area contributed by atoms with Crippen molar-refractivity contribution in [1.29, 1.82) is 0 Å². The zero-order chi connectivity index (χ0) is 31.9. The summed E-state index contributed by atoms with van der Waals surface area (Å²) in [4.78, 5) is 2.64. The molecule has 7 aromatic rings. The molecule has 1 heterocycles. The first-order chi connectivity index (χ1) is 22.8. The van der Waals surface area contributed by atoms with E-state index in [9.17, 15) is 0 Å². The summed E-state index contributed by atoms with van der Waals surface area (Å²) >= 11 is 1.94. The maximum atomic E-state index is 2.48. The van der Waals surface area contributed by atoms with Crippen LogP contribution in [0.3, 0.4) is 0 Å². The van der Waals surface area contributed by atoms with Crippen molar-refractivity contribution in [2.75, 3.05) is 0 Å². The standard InChI is InChI=1S/C46H36S/c1-45(2)37-21-13-11-19-33(37)35-25-23-31(27-39(35)45)43-41(29-15-7-5-8-16-29)42(30-17-9-6-10-18-30)44(47-43)32-24-26-36-34-20-12-14-22-38(34)46(3,4)40(36)28-32/h5-28H,1-4H3. The molecule has 0 atom stereocenters. The molecule has 0 unspecified atom stereocenters. The van der Waals surface area contributed by atoms with Gasteiger partial charge in [0.05, 0.1) is 0 Å². The first-order valence-electron chi connectivity index (χ1n) is 16.6. The van der Waals surface area contributed by atoms with E-state index in [1.54, 1.807) is 0 Å². The van der Waals surface area contributed by atoms with E-state index in [1.807, 2.05) is 11.3 Å². The molecular weight excluding hydrogens is 585 g/mol. The Labute approximate surface area is 282 Å². The van der Waals surface area contributed by atoms with Gasteiger partial charge in [0.15, 0.2) is 0 Å². The van der Waals surface area contributed by atoms with Crippen LogP contribution in [0.15, 0.2) is 146 Å². The van der Waals surface area contributed by atoms with E-state index in [0.29, 0.717) is 0 Å². The lowest BCUT2D eigenvalue weighted by Gasteiger charge is -2.22. The fraction of sp³-hybridized carbons (Fsp3) is 0.130. The molecule has 0 aliphatic heterocycles. The SMILES string of the molecule is CC1(C)c2ccccc2-c2ccc(-c3sc(-c4ccc5c(c4)C(C)(C)c4ccccc4-5)c(-c4ccccc4)c3-c3ccccc3)cc21. The average molecular weight is 621 g/mol. The predicted molar refractivity (Wildman–Crippen MR) is 201 cm³/mol. The Kier molecular flexibility index (Phi) is 6.17. The van der Waals surface area contributed by atoms with Crippen molar-refractivity contribution in [3.8, 4) is 65.4 Å². The van der Waals surface area contributed by atoms with Gasteiger partial charge in [0, 0.05) is 31.7 Å². The highest BCUT2D eigenvalue weighted by Gasteiger charge is 2.37. The topological polar surface area (TPSA) is 0 Å². The van der Waals surface area contributed by atoms with Crippen LogP contribution in [0.5, 0.6) is 0 Å². The first kappa shape index (κ1) is 28.3. The largest absolute Gasteiger partial charge is 0.134 e. The van der Waals surface area contributed by atoms with Crippen LogP contribution in [-0.2, 0) is 10.8 Å². The van der Waals surface area contributed by atoms with E-state index in [1.165, 1.54) is 87.6 Å². The van der Waals surface area contributed by atoms with Crippen molar-refractivity contribution in [3.05, 3.63) is 168 Å². The van der Waals surface area contributed by atoms with Crippen molar-refractivity contribution in [3.63, 3.8) is 0 Å². The molecular formula is C46H36S. The molecule has 0 fully saturated rings. The fourth-order valence-electron chi connectivity index (χ4n) is 8.29. The number of rotatable bonds is 4. The quantitative estimate of drug-likeness (QED) is 0.184. The lowest BCUT2D eigenvalue weighted by atomic mass is 9.81. The lowest BCUT2D eigenvalue weighted by molar-refractivity contribution is 0.660. The van der Waals surface area contributed by atoms with Crippen LogP contribution in [0.4, 0.5) is 0 Å². The first-order valence-corrected chi connectivity index (χ1v) is 17.4. The van der Waals surface area contributed by atoms with Gasteiger partial charge in [-0.1, -0.05) is 161 Å². The predicted octanol–water partition coefficient (Wildman–Crippen LogP) is 13.0. The molecule has 226 valence electrons. The Balaban J connectivity index is 1.32. The third-order valence-electron chi connectivity index (χ3n) is 10.7. The maximum Gasteiger partial charge on any atom is 0.0434 e. The van der Waals surface area contributed by atoms with Gasteiger partial charge in [-0.25, -0.2) is 0 Å². The molecule has 0 saturated carbocycles. The molecule has 0 bridgehead atoms. The summed E-state index contributed by atoms with van der Waals surface area (Å²) in [6.45, 7) is 9.50. The van der Waals surface area contributed by atoms with Crippen LogP contribution < -0.4 is 0 Å². The number of hydrogen-bond donors (Lipinski definition) is 0. The molecule has 9 rings (SSSR count). The van der Waals surface area contributed by atoms with E-state index in [-0.39, 0.29) is 10.8 Å². The Morgan fingerprint density at radius 3 is 1.13 bits per heavy atom. The summed E-state index contributed by atoms with van der Waals surface area (Å²) < 4.78 is 0. The second-order valence-electron chi connectivity index (χ2n) is 14.1. The molecule has 0 saturated heterocycles. The molecule has 0 amide bonds. The minimum Gasteiger partial charge on any atom is -0.134 e. The highest BCUT2D eigenvalue weighted by Crippen LogP contribution is 2.56. The Morgan fingerprint density at radius 2 is 0.702 bits per heavy atom. The summed E-state index contributed by atoms with van der Waals surface area (Å²) in [6, 6.07) is 54.3. The Hall–Kier alpha value is -4.98. The van der Waals surface area contributed by atoms with Gasteiger partial charge in [0.2, 0.25) is 0 Å². The highest BCUT2D eigenvalue weighted by molar-refractivity contribution is 7.20. The van der Waals surface area contributed by atoms with Crippen LogP contribution in [0.1, 0.15) is 49.9 Å². The van der Waals surface area contributed by atoms with Crippen LogP contribution in [0.2, 0.25) is 0 Å². The molecule has 0 nitrogen and oxygen atoms in total. The Bertz CT molecular complexity index is 2170. The van der Waals surface area contributed by atoms with Crippen molar-refractivity contribution < 1.29 is 0 Å². The van der Waals surface area contributed by atoms with Gasteiger partial charge in [-0.3, -0.25) is 0 Å². The van der Waals surface area contributed by atoms with E-state index < -0.39 is 0 Å². The summed E-state index contributed by atoms with van der Waals surface area (Å²) in [6.07, 6.45) is 0. The third kappa shape index (κ3) is 4.13. The smallest absolute Gasteiger partial charge is 0.0434 e. The van der Waals surface area contributed by atoms with Gasteiger partial charge < -0.3 is 0 Å². The van der Waals surface area contributed by atoms with Gasteiger partial charge in [-0.05, 0) is 78.9 Å². The molecule has 0 radical (unpaired) electrons. The monoisotopic (exact) mass is 620 g/mol. The molecule has 1 heteroatoms. The number of benzene rings is 6. The zero-order valence-electron chi connectivity index (χ0n) is 27.3. The minimum absolute atomic E-state index is 0.0578. The van der Waals surface area contributed by atoms with E-state index in [2.05, 4.69) is 173 Å². The van der Waals surface area contributed by atoms with Crippen LogP contribution in [0, 0.1) is 0 Å². The zero-order valence-corrected chi connectivity index (χ0v) is 28.1.